The van der Waals surface area contributed by atoms with E-state index in [1.165, 1.54) is 6.92 Å². The number of fused-ring (bicyclic) bond motifs is 1. The minimum Gasteiger partial charge on any atom is -0.480 e. The van der Waals surface area contributed by atoms with Gasteiger partial charge in [-0.25, -0.2) is 0 Å². The highest BCUT2D eigenvalue weighted by Gasteiger charge is 2.31. The molecule has 0 saturated carbocycles. The van der Waals surface area contributed by atoms with Crippen LogP contribution in [0.4, 0.5) is 0 Å². The third-order valence-corrected chi connectivity index (χ3v) is 3.11. The molecule has 17 heavy (non-hydrogen) atoms. The first-order valence-electron chi connectivity index (χ1n) is 5.63. The second-order valence-electron chi connectivity index (χ2n) is 4.33. The summed E-state index contributed by atoms with van der Waals surface area (Å²) in [5, 5.41) is 8.86. The van der Waals surface area contributed by atoms with Crippen molar-refractivity contribution in [1.82, 2.24) is 4.90 Å². The van der Waals surface area contributed by atoms with Crippen molar-refractivity contribution in [2.24, 2.45) is 0 Å². The van der Waals surface area contributed by atoms with Gasteiger partial charge in [0, 0.05) is 6.54 Å². The van der Waals surface area contributed by atoms with Crippen molar-refractivity contribution < 1.29 is 14.7 Å². The Labute approximate surface area is 99.9 Å². The van der Waals surface area contributed by atoms with Crippen LogP contribution in [0.1, 0.15) is 24.1 Å². The maximum absolute atomic E-state index is 11.7. The van der Waals surface area contributed by atoms with E-state index in [2.05, 4.69) is 0 Å². The molecule has 0 bridgehead atoms. The molecule has 0 amide bonds. The van der Waals surface area contributed by atoms with Crippen molar-refractivity contribution in [1.29, 1.82) is 0 Å². The highest BCUT2D eigenvalue weighted by Crippen LogP contribution is 2.29. The monoisotopic (exact) mass is 233 g/mol. The fourth-order valence-corrected chi connectivity index (χ4v) is 2.44. The van der Waals surface area contributed by atoms with Crippen molar-refractivity contribution in [3.8, 4) is 0 Å². The predicted molar refractivity (Wildman–Crippen MR) is 62.8 cm³/mol. The Bertz CT molecular complexity index is 456. The van der Waals surface area contributed by atoms with Crippen molar-refractivity contribution in [3.63, 3.8) is 0 Å². The Balaban J connectivity index is 2.36. The number of benzene rings is 1. The van der Waals surface area contributed by atoms with Gasteiger partial charge < -0.3 is 5.11 Å². The third-order valence-electron chi connectivity index (χ3n) is 3.11. The highest BCUT2D eigenvalue weighted by atomic mass is 16.4. The lowest BCUT2D eigenvalue weighted by molar-refractivity contribution is -0.139. The summed E-state index contributed by atoms with van der Waals surface area (Å²) in [6.45, 7) is 2.05. The molecule has 4 heteroatoms. The average Bonchev–Trinajstić information content (AvgIpc) is 2.27. The average molecular weight is 233 g/mol. The van der Waals surface area contributed by atoms with Gasteiger partial charge in [-0.3, -0.25) is 14.5 Å². The van der Waals surface area contributed by atoms with Crippen molar-refractivity contribution in [3.05, 3.63) is 35.4 Å². The summed E-state index contributed by atoms with van der Waals surface area (Å²) < 4.78 is 0. The van der Waals surface area contributed by atoms with E-state index in [1.807, 2.05) is 24.3 Å². The molecule has 1 unspecified atom stereocenters. The second-order valence-corrected chi connectivity index (χ2v) is 4.33. The lowest BCUT2D eigenvalue weighted by atomic mass is 9.90. The van der Waals surface area contributed by atoms with Gasteiger partial charge in [0.2, 0.25) is 0 Å². The van der Waals surface area contributed by atoms with Gasteiger partial charge in [-0.2, -0.15) is 0 Å². The largest absolute Gasteiger partial charge is 0.480 e. The number of hydrogen-bond acceptors (Lipinski definition) is 3. The molecule has 0 spiro atoms. The molecule has 1 aliphatic rings. The molecule has 2 rings (SSSR count). The van der Waals surface area contributed by atoms with Crippen LogP contribution in [-0.2, 0) is 16.0 Å². The van der Waals surface area contributed by atoms with Gasteiger partial charge in [-0.15, -0.1) is 0 Å². The van der Waals surface area contributed by atoms with E-state index in [9.17, 15) is 9.59 Å². The molecule has 1 atom stereocenters. The first kappa shape index (κ1) is 11.8. The molecular formula is C13H15NO3. The summed E-state index contributed by atoms with van der Waals surface area (Å²) in [6, 6.07) is 7.34. The number of carbonyl (C=O) groups is 2. The van der Waals surface area contributed by atoms with Crippen LogP contribution in [0.3, 0.4) is 0 Å². The zero-order valence-corrected chi connectivity index (χ0v) is 9.72. The molecule has 0 fully saturated rings. The van der Waals surface area contributed by atoms with Crippen molar-refractivity contribution >= 4 is 11.8 Å². The molecule has 90 valence electrons. The fourth-order valence-electron chi connectivity index (χ4n) is 2.44. The highest BCUT2D eigenvalue weighted by molar-refractivity contribution is 5.84. The number of ketones is 1. The molecule has 0 saturated heterocycles. The summed E-state index contributed by atoms with van der Waals surface area (Å²) in [7, 11) is 0. The van der Waals surface area contributed by atoms with Gasteiger partial charge >= 0.3 is 5.97 Å². The van der Waals surface area contributed by atoms with Gasteiger partial charge in [0.25, 0.3) is 0 Å². The Hall–Kier alpha value is -1.68. The van der Waals surface area contributed by atoms with Gasteiger partial charge in [-0.05, 0) is 24.5 Å². The maximum atomic E-state index is 11.7. The molecule has 1 aromatic rings. The third kappa shape index (κ3) is 2.36. The maximum Gasteiger partial charge on any atom is 0.317 e. The van der Waals surface area contributed by atoms with Crippen LogP contribution < -0.4 is 0 Å². The summed E-state index contributed by atoms with van der Waals surface area (Å²) in [5.74, 6) is -0.894. The number of aliphatic carboxylic acids is 1. The summed E-state index contributed by atoms with van der Waals surface area (Å²) in [5.41, 5.74) is 2.10. The Kier molecular flexibility index (Phi) is 3.24. The number of hydrogen-bond donors (Lipinski definition) is 1. The summed E-state index contributed by atoms with van der Waals surface area (Å²) in [4.78, 5) is 24.2. The second kappa shape index (κ2) is 4.67. The smallest absolute Gasteiger partial charge is 0.317 e. The molecule has 1 heterocycles. The summed E-state index contributed by atoms with van der Waals surface area (Å²) >= 11 is 0. The standard InChI is InChI=1S/C13H15NO3/c1-9(15)13-11-5-3-2-4-10(11)6-7-14(13)8-12(16)17/h2-5,13H,6-8H2,1H3,(H,16,17). The van der Waals surface area contributed by atoms with E-state index in [0.717, 1.165) is 17.5 Å². The SMILES string of the molecule is CC(=O)C1c2ccccc2CCN1CC(=O)O. The zero-order chi connectivity index (χ0) is 12.4. The first-order chi connectivity index (χ1) is 8.09. The predicted octanol–water partition coefficient (Wildman–Crippen LogP) is 1.26. The number of carboxylic acid groups (broad SMARTS) is 1. The van der Waals surface area contributed by atoms with Gasteiger partial charge in [-0.1, -0.05) is 24.3 Å². The molecule has 1 aromatic carbocycles. The number of carbonyl (C=O) groups excluding carboxylic acids is 1. The Morgan fingerprint density at radius 2 is 2.12 bits per heavy atom. The topological polar surface area (TPSA) is 57.6 Å². The minimum absolute atomic E-state index is 0.00148. The molecule has 4 nitrogen and oxygen atoms in total. The van der Waals surface area contributed by atoms with Crippen LogP contribution in [0.25, 0.3) is 0 Å². The zero-order valence-electron chi connectivity index (χ0n) is 9.72. The van der Waals surface area contributed by atoms with Gasteiger partial charge in [0.05, 0.1) is 12.6 Å². The van der Waals surface area contributed by atoms with Crippen LogP contribution in [0, 0.1) is 0 Å². The van der Waals surface area contributed by atoms with E-state index in [0.29, 0.717) is 6.54 Å². The lowest BCUT2D eigenvalue weighted by Crippen LogP contribution is -2.41. The van der Waals surface area contributed by atoms with Crippen LogP contribution in [0.5, 0.6) is 0 Å². The van der Waals surface area contributed by atoms with Crippen LogP contribution >= 0.6 is 0 Å². The molecule has 1 aliphatic heterocycles. The quantitative estimate of drug-likeness (QED) is 0.854. The normalized spacial score (nSPS) is 19.7. The number of carboxylic acids is 1. The Morgan fingerprint density at radius 3 is 2.76 bits per heavy atom. The minimum atomic E-state index is -0.893. The number of rotatable bonds is 3. The van der Waals surface area contributed by atoms with Crippen molar-refractivity contribution in [2.45, 2.75) is 19.4 Å². The molecule has 0 aromatic heterocycles. The van der Waals surface area contributed by atoms with Gasteiger partial charge in [0.1, 0.15) is 0 Å². The van der Waals surface area contributed by atoms with E-state index in [4.69, 9.17) is 5.11 Å². The Morgan fingerprint density at radius 1 is 1.41 bits per heavy atom. The van der Waals surface area contributed by atoms with E-state index in [1.54, 1.807) is 4.90 Å². The molecular weight excluding hydrogens is 218 g/mol. The van der Waals surface area contributed by atoms with Crippen LogP contribution in [-0.4, -0.2) is 34.8 Å². The molecule has 1 N–H and O–H groups in total. The summed E-state index contributed by atoms with van der Waals surface area (Å²) in [6.07, 6.45) is 0.799. The van der Waals surface area contributed by atoms with E-state index in [-0.39, 0.29) is 12.3 Å². The molecule has 0 radical (unpaired) electrons. The number of Topliss-reactive ketones (excluding diaryl/α,β-unsaturated/α-hetero) is 1. The van der Waals surface area contributed by atoms with E-state index < -0.39 is 12.0 Å². The van der Waals surface area contributed by atoms with Gasteiger partial charge in [0.15, 0.2) is 5.78 Å². The van der Waals surface area contributed by atoms with Crippen LogP contribution in [0.15, 0.2) is 24.3 Å². The van der Waals surface area contributed by atoms with Crippen molar-refractivity contribution in [2.75, 3.05) is 13.1 Å². The lowest BCUT2D eigenvalue weighted by Gasteiger charge is -2.34. The van der Waals surface area contributed by atoms with E-state index >= 15 is 0 Å². The van der Waals surface area contributed by atoms with Crippen LogP contribution in [0.2, 0.25) is 0 Å². The first-order valence-corrected chi connectivity index (χ1v) is 5.63. The fraction of sp³-hybridized carbons (Fsp3) is 0.385. The number of nitrogens with zero attached hydrogens (tertiary/aromatic N) is 1. The molecule has 0 aliphatic carbocycles.